The van der Waals surface area contributed by atoms with Crippen LogP contribution in [-0.4, -0.2) is 19.5 Å². The second-order valence-corrected chi connectivity index (χ2v) is 8.73. The highest BCUT2D eigenvalue weighted by molar-refractivity contribution is 6.09. The van der Waals surface area contributed by atoms with Crippen molar-refractivity contribution < 1.29 is 0 Å². The van der Waals surface area contributed by atoms with Crippen LogP contribution >= 0.6 is 0 Å². The maximum atomic E-state index is 4.88. The van der Waals surface area contributed by atoms with E-state index in [2.05, 4.69) is 89.9 Å². The second kappa shape index (κ2) is 7.92. The number of para-hydroxylation sites is 2. The molecule has 0 unspecified atom stereocenters. The van der Waals surface area contributed by atoms with E-state index in [0.29, 0.717) is 11.6 Å². The molecule has 4 heteroatoms. The first-order valence-corrected chi connectivity index (χ1v) is 11.5. The average molecular weight is 441 g/mol. The number of aryl methyl sites for hydroxylation is 2. The van der Waals surface area contributed by atoms with Gasteiger partial charge in [-0.3, -0.25) is 0 Å². The Morgan fingerprint density at radius 3 is 1.88 bits per heavy atom. The molecule has 34 heavy (non-hydrogen) atoms. The number of benzene rings is 4. The van der Waals surface area contributed by atoms with Gasteiger partial charge in [-0.15, -0.1) is 0 Å². The largest absolute Gasteiger partial charge is 0.309 e. The van der Waals surface area contributed by atoms with Gasteiger partial charge in [0.1, 0.15) is 6.33 Å². The highest BCUT2D eigenvalue weighted by atomic mass is 15.0. The van der Waals surface area contributed by atoms with Gasteiger partial charge < -0.3 is 4.57 Å². The van der Waals surface area contributed by atoms with Crippen molar-refractivity contribution in [1.82, 2.24) is 19.5 Å². The SMILES string of the molecule is Cc1cc(C)c(-n2c3ccccc3c3ccccc32)c(C)c1-c1ncnc(-c2ccccc2)n1. The maximum absolute atomic E-state index is 4.88. The molecule has 0 amide bonds. The first-order chi connectivity index (χ1) is 16.6. The zero-order valence-corrected chi connectivity index (χ0v) is 19.4. The van der Waals surface area contributed by atoms with E-state index < -0.39 is 0 Å². The topological polar surface area (TPSA) is 43.6 Å². The van der Waals surface area contributed by atoms with Gasteiger partial charge in [0, 0.05) is 21.9 Å². The minimum absolute atomic E-state index is 0.684. The Bertz CT molecular complexity index is 1630. The number of nitrogens with zero attached hydrogens (tertiary/aromatic N) is 4. The third-order valence-corrected chi connectivity index (χ3v) is 6.56. The molecule has 0 saturated heterocycles. The van der Waals surface area contributed by atoms with Gasteiger partial charge >= 0.3 is 0 Å². The van der Waals surface area contributed by atoms with Crippen molar-refractivity contribution in [2.75, 3.05) is 0 Å². The fourth-order valence-corrected chi connectivity index (χ4v) is 5.17. The summed E-state index contributed by atoms with van der Waals surface area (Å²) in [6.07, 6.45) is 1.61. The third kappa shape index (κ3) is 3.11. The summed E-state index contributed by atoms with van der Waals surface area (Å²) in [6.45, 7) is 6.50. The Morgan fingerprint density at radius 2 is 1.21 bits per heavy atom. The smallest absolute Gasteiger partial charge is 0.163 e. The molecule has 0 spiro atoms. The molecule has 0 aliphatic rings. The van der Waals surface area contributed by atoms with Crippen LogP contribution in [0.2, 0.25) is 0 Å². The predicted molar refractivity (Wildman–Crippen MR) is 139 cm³/mol. The van der Waals surface area contributed by atoms with Gasteiger partial charge in [0.2, 0.25) is 0 Å². The van der Waals surface area contributed by atoms with Crippen molar-refractivity contribution in [2.45, 2.75) is 20.8 Å². The highest BCUT2D eigenvalue weighted by Gasteiger charge is 2.20. The first kappa shape index (κ1) is 20.3. The molecule has 4 aromatic carbocycles. The average Bonchev–Trinajstić information content (AvgIpc) is 3.19. The van der Waals surface area contributed by atoms with Crippen LogP contribution in [0.3, 0.4) is 0 Å². The first-order valence-electron chi connectivity index (χ1n) is 11.5. The van der Waals surface area contributed by atoms with Crippen LogP contribution in [0.15, 0.2) is 91.3 Å². The van der Waals surface area contributed by atoms with Crippen LogP contribution in [0, 0.1) is 20.8 Å². The summed E-state index contributed by atoms with van der Waals surface area (Å²) in [7, 11) is 0. The Labute approximate surface area is 198 Å². The standard InChI is InChI=1S/C30H24N4/c1-19-17-20(2)28(34-25-15-9-7-13-23(25)24-14-8-10-16-26(24)34)21(3)27(19)30-32-18-31-29(33-30)22-11-5-4-6-12-22/h4-18H,1-3H3. The number of fused-ring (bicyclic) bond motifs is 3. The molecule has 0 fully saturated rings. The van der Waals surface area contributed by atoms with Crippen molar-refractivity contribution in [2.24, 2.45) is 0 Å². The van der Waals surface area contributed by atoms with Crippen LogP contribution in [0.4, 0.5) is 0 Å². The molecule has 0 aliphatic carbocycles. The lowest BCUT2D eigenvalue weighted by Crippen LogP contribution is -2.05. The van der Waals surface area contributed by atoms with Crippen molar-refractivity contribution in [1.29, 1.82) is 0 Å². The molecular weight excluding hydrogens is 416 g/mol. The highest BCUT2D eigenvalue weighted by Crippen LogP contribution is 2.38. The van der Waals surface area contributed by atoms with E-state index in [-0.39, 0.29) is 0 Å². The van der Waals surface area contributed by atoms with Gasteiger partial charge in [-0.1, -0.05) is 72.8 Å². The molecule has 0 bridgehead atoms. The summed E-state index contributed by atoms with van der Waals surface area (Å²) >= 11 is 0. The summed E-state index contributed by atoms with van der Waals surface area (Å²) < 4.78 is 2.39. The van der Waals surface area contributed by atoms with Gasteiger partial charge in [0.05, 0.1) is 16.7 Å². The summed E-state index contributed by atoms with van der Waals surface area (Å²) in [5.74, 6) is 1.38. The maximum Gasteiger partial charge on any atom is 0.163 e. The Kier molecular flexibility index (Phi) is 4.73. The molecular formula is C30H24N4. The predicted octanol–water partition coefficient (Wildman–Crippen LogP) is 7.23. The van der Waals surface area contributed by atoms with Gasteiger partial charge in [-0.25, -0.2) is 15.0 Å². The molecule has 6 aromatic rings. The van der Waals surface area contributed by atoms with E-state index in [9.17, 15) is 0 Å². The molecule has 6 rings (SSSR count). The van der Waals surface area contributed by atoms with Crippen molar-refractivity contribution in [3.63, 3.8) is 0 Å². The molecule has 0 N–H and O–H groups in total. The minimum atomic E-state index is 0.684. The second-order valence-electron chi connectivity index (χ2n) is 8.73. The van der Waals surface area contributed by atoms with Crippen LogP contribution in [-0.2, 0) is 0 Å². The molecule has 0 saturated carbocycles. The molecule has 2 aromatic heterocycles. The third-order valence-electron chi connectivity index (χ3n) is 6.56. The molecule has 164 valence electrons. The summed E-state index contributed by atoms with van der Waals surface area (Å²) in [5.41, 5.74) is 9.16. The van der Waals surface area contributed by atoms with Crippen LogP contribution in [0.25, 0.3) is 50.3 Å². The number of hydrogen-bond acceptors (Lipinski definition) is 3. The Morgan fingerprint density at radius 1 is 0.618 bits per heavy atom. The normalized spacial score (nSPS) is 11.4. The molecule has 0 atom stereocenters. The van der Waals surface area contributed by atoms with Gasteiger partial charge in [-0.2, -0.15) is 0 Å². The van der Waals surface area contributed by atoms with E-state index in [1.54, 1.807) is 6.33 Å². The van der Waals surface area contributed by atoms with Crippen LogP contribution in [0.5, 0.6) is 0 Å². The fourth-order valence-electron chi connectivity index (χ4n) is 5.17. The minimum Gasteiger partial charge on any atom is -0.309 e. The number of hydrogen-bond donors (Lipinski definition) is 0. The van der Waals surface area contributed by atoms with Gasteiger partial charge in [-0.05, 0) is 49.6 Å². The number of rotatable bonds is 3. The molecule has 0 aliphatic heterocycles. The van der Waals surface area contributed by atoms with E-state index in [0.717, 1.165) is 22.3 Å². The monoisotopic (exact) mass is 440 g/mol. The van der Waals surface area contributed by atoms with Crippen LogP contribution < -0.4 is 0 Å². The Hall–Kier alpha value is -4.31. The van der Waals surface area contributed by atoms with E-state index >= 15 is 0 Å². The number of aromatic nitrogens is 4. The lowest BCUT2D eigenvalue weighted by Gasteiger charge is -2.19. The fraction of sp³-hybridized carbons (Fsp3) is 0.100. The molecule has 4 nitrogen and oxygen atoms in total. The summed E-state index contributed by atoms with van der Waals surface area (Å²) in [6, 6.07) is 29.5. The lowest BCUT2D eigenvalue weighted by molar-refractivity contribution is 1.05. The van der Waals surface area contributed by atoms with Crippen LogP contribution in [0.1, 0.15) is 16.7 Å². The molecule has 2 heterocycles. The van der Waals surface area contributed by atoms with Crippen molar-refractivity contribution >= 4 is 21.8 Å². The van der Waals surface area contributed by atoms with E-state index in [1.165, 1.54) is 33.1 Å². The van der Waals surface area contributed by atoms with Gasteiger partial charge in [0.15, 0.2) is 11.6 Å². The quantitative estimate of drug-likeness (QED) is 0.292. The van der Waals surface area contributed by atoms with Crippen molar-refractivity contribution in [3.8, 4) is 28.5 Å². The van der Waals surface area contributed by atoms with E-state index in [4.69, 9.17) is 4.98 Å². The zero-order valence-electron chi connectivity index (χ0n) is 19.4. The van der Waals surface area contributed by atoms with Gasteiger partial charge in [0.25, 0.3) is 0 Å². The lowest BCUT2D eigenvalue weighted by atomic mass is 9.96. The Balaban J connectivity index is 1.64. The van der Waals surface area contributed by atoms with Crippen molar-refractivity contribution in [3.05, 3.63) is 108 Å². The summed E-state index contributed by atoms with van der Waals surface area (Å²) in [5, 5.41) is 2.51. The zero-order chi connectivity index (χ0) is 23.2. The molecule has 0 radical (unpaired) electrons. The van der Waals surface area contributed by atoms with E-state index in [1.807, 2.05) is 30.3 Å². The summed E-state index contributed by atoms with van der Waals surface area (Å²) in [4.78, 5) is 13.9.